The van der Waals surface area contributed by atoms with Crippen molar-refractivity contribution in [3.05, 3.63) is 47.5 Å². The number of fused-ring (bicyclic) bond motifs is 1. The van der Waals surface area contributed by atoms with Crippen LogP contribution in [-0.4, -0.2) is 48.6 Å². The smallest absolute Gasteiger partial charge is 0.243 e. The van der Waals surface area contributed by atoms with Crippen LogP contribution in [0.4, 0.5) is 5.95 Å². The van der Waals surface area contributed by atoms with Gasteiger partial charge in [0.05, 0.1) is 40.5 Å². The molecule has 0 radical (unpaired) electrons. The lowest BCUT2D eigenvalue weighted by Crippen LogP contribution is -2.28. The zero-order valence-corrected chi connectivity index (χ0v) is 16.7. The molecule has 2 unspecified atom stereocenters. The fourth-order valence-electron chi connectivity index (χ4n) is 3.69. The minimum atomic E-state index is -0.119. The van der Waals surface area contributed by atoms with Crippen molar-refractivity contribution in [1.82, 2.24) is 20.2 Å². The van der Waals surface area contributed by atoms with Crippen molar-refractivity contribution in [2.24, 2.45) is 0 Å². The Kier molecular flexibility index (Phi) is 5.11. The Bertz CT molecular complexity index is 981. The van der Waals surface area contributed by atoms with E-state index in [9.17, 15) is 0 Å². The van der Waals surface area contributed by atoms with Crippen molar-refractivity contribution < 1.29 is 18.9 Å². The van der Waals surface area contributed by atoms with Gasteiger partial charge in [0.2, 0.25) is 11.7 Å². The number of methoxy groups -OCH3 is 4. The van der Waals surface area contributed by atoms with E-state index >= 15 is 0 Å². The van der Waals surface area contributed by atoms with Crippen LogP contribution >= 0.6 is 0 Å². The predicted octanol–water partition coefficient (Wildman–Crippen LogP) is 2.85. The summed E-state index contributed by atoms with van der Waals surface area (Å²) in [5, 5.41) is 15.6. The predicted molar refractivity (Wildman–Crippen MR) is 106 cm³/mol. The molecule has 1 aliphatic heterocycles. The molecule has 0 aliphatic carbocycles. The van der Waals surface area contributed by atoms with Crippen LogP contribution in [0.5, 0.6) is 23.0 Å². The van der Waals surface area contributed by atoms with E-state index in [4.69, 9.17) is 18.9 Å². The summed E-state index contributed by atoms with van der Waals surface area (Å²) < 4.78 is 23.6. The molecule has 0 bridgehead atoms. The summed E-state index contributed by atoms with van der Waals surface area (Å²) in [5.41, 5.74) is 2.05. The van der Waals surface area contributed by atoms with Crippen LogP contribution in [0.3, 0.4) is 0 Å². The second-order valence-electron chi connectivity index (χ2n) is 6.63. The van der Waals surface area contributed by atoms with E-state index in [0.717, 1.165) is 23.3 Å². The fraction of sp³-hybridized carbons (Fsp3) is 0.350. The van der Waals surface area contributed by atoms with Gasteiger partial charge < -0.3 is 24.3 Å². The molecule has 0 spiro atoms. The number of hydrogen-bond acceptors (Lipinski definition) is 8. The Hall–Kier alpha value is -3.49. The lowest BCUT2D eigenvalue weighted by atomic mass is 9.93. The molecule has 2 heterocycles. The van der Waals surface area contributed by atoms with Crippen LogP contribution in [0, 0.1) is 0 Å². The minimum absolute atomic E-state index is 0.00712. The van der Waals surface area contributed by atoms with Gasteiger partial charge in [-0.05, 0) is 52.2 Å². The molecule has 0 amide bonds. The zero-order chi connectivity index (χ0) is 20.4. The summed E-state index contributed by atoms with van der Waals surface area (Å²) in [6, 6.07) is 11.7. The number of rotatable bonds is 6. The highest BCUT2D eigenvalue weighted by molar-refractivity contribution is 5.55. The van der Waals surface area contributed by atoms with Gasteiger partial charge in [-0.15, -0.1) is 0 Å². The third-order valence-corrected chi connectivity index (χ3v) is 5.12. The highest BCUT2D eigenvalue weighted by atomic mass is 16.5. The normalized spacial score (nSPS) is 17.8. The molecule has 0 saturated heterocycles. The second-order valence-corrected chi connectivity index (χ2v) is 6.63. The first-order valence-corrected chi connectivity index (χ1v) is 9.16. The summed E-state index contributed by atoms with van der Waals surface area (Å²) in [6.45, 7) is 0. The quantitative estimate of drug-likeness (QED) is 0.679. The molecule has 152 valence electrons. The molecule has 1 aromatic heterocycles. The van der Waals surface area contributed by atoms with Crippen molar-refractivity contribution in [2.45, 2.75) is 18.5 Å². The number of tetrazole rings is 1. The highest BCUT2D eigenvalue weighted by Crippen LogP contribution is 2.44. The molecule has 0 fully saturated rings. The monoisotopic (exact) mass is 397 g/mol. The first-order valence-electron chi connectivity index (χ1n) is 9.16. The summed E-state index contributed by atoms with van der Waals surface area (Å²) in [5.74, 6) is 3.14. The molecular formula is C20H23N5O4. The molecule has 9 heteroatoms. The maximum absolute atomic E-state index is 5.52. The van der Waals surface area contributed by atoms with E-state index in [1.54, 1.807) is 33.1 Å². The van der Waals surface area contributed by atoms with Crippen molar-refractivity contribution >= 4 is 5.95 Å². The molecule has 9 nitrogen and oxygen atoms in total. The van der Waals surface area contributed by atoms with Crippen molar-refractivity contribution in [2.75, 3.05) is 33.8 Å². The van der Waals surface area contributed by atoms with Gasteiger partial charge in [-0.25, -0.2) is 4.68 Å². The van der Waals surface area contributed by atoms with E-state index in [1.165, 1.54) is 0 Å². The van der Waals surface area contributed by atoms with Gasteiger partial charge >= 0.3 is 0 Å². The maximum atomic E-state index is 5.52. The number of hydrogen-bond donors (Lipinski definition) is 1. The number of benzene rings is 2. The summed E-state index contributed by atoms with van der Waals surface area (Å²) in [7, 11) is 6.45. The average Bonchev–Trinajstić information content (AvgIpc) is 3.26. The molecule has 1 N–H and O–H groups in total. The van der Waals surface area contributed by atoms with Crippen LogP contribution in [-0.2, 0) is 0 Å². The molecule has 0 saturated carbocycles. The summed E-state index contributed by atoms with van der Waals surface area (Å²) in [6.07, 6.45) is 0.726. The van der Waals surface area contributed by atoms with E-state index in [1.807, 2.05) is 30.3 Å². The molecule has 29 heavy (non-hydrogen) atoms. The lowest BCUT2D eigenvalue weighted by molar-refractivity contribution is 0.321. The Labute approximate surface area is 168 Å². The van der Waals surface area contributed by atoms with Crippen LogP contribution in [0.2, 0.25) is 0 Å². The SMILES string of the molecule is COc1cccc(C2CC(c3cc(OC)c(OC)c(OC)c3)n3nnnc3N2)c1. The summed E-state index contributed by atoms with van der Waals surface area (Å²) >= 11 is 0. The highest BCUT2D eigenvalue weighted by Gasteiger charge is 2.32. The third kappa shape index (κ3) is 3.39. The van der Waals surface area contributed by atoms with E-state index in [-0.39, 0.29) is 12.1 Å². The summed E-state index contributed by atoms with van der Waals surface area (Å²) in [4.78, 5) is 0. The number of nitrogens with one attached hydrogen (secondary N) is 1. The van der Waals surface area contributed by atoms with E-state index in [2.05, 4.69) is 26.9 Å². The molecule has 1 aliphatic rings. The molecule has 2 aromatic carbocycles. The Morgan fingerprint density at radius 1 is 0.931 bits per heavy atom. The Morgan fingerprint density at radius 3 is 2.34 bits per heavy atom. The minimum Gasteiger partial charge on any atom is -0.497 e. The van der Waals surface area contributed by atoms with Gasteiger partial charge in [-0.3, -0.25) is 0 Å². The molecule has 2 atom stereocenters. The van der Waals surface area contributed by atoms with Crippen molar-refractivity contribution in [3.8, 4) is 23.0 Å². The van der Waals surface area contributed by atoms with E-state index < -0.39 is 0 Å². The number of aromatic nitrogens is 4. The Balaban J connectivity index is 1.77. The second kappa shape index (κ2) is 7.86. The van der Waals surface area contributed by atoms with Crippen molar-refractivity contribution in [1.29, 1.82) is 0 Å². The van der Waals surface area contributed by atoms with Crippen molar-refractivity contribution in [3.63, 3.8) is 0 Å². The van der Waals surface area contributed by atoms with Gasteiger partial charge in [-0.2, -0.15) is 0 Å². The van der Waals surface area contributed by atoms with Crippen LogP contribution in [0.15, 0.2) is 36.4 Å². The van der Waals surface area contributed by atoms with E-state index in [0.29, 0.717) is 23.2 Å². The molecular weight excluding hydrogens is 374 g/mol. The van der Waals surface area contributed by atoms with Gasteiger partial charge in [0, 0.05) is 0 Å². The van der Waals surface area contributed by atoms with Gasteiger partial charge in [0.25, 0.3) is 0 Å². The zero-order valence-electron chi connectivity index (χ0n) is 16.7. The van der Waals surface area contributed by atoms with Gasteiger partial charge in [0.15, 0.2) is 11.5 Å². The Morgan fingerprint density at radius 2 is 1.69 bits per heavy atom. The van der Waals surface area contributed by atoms with Crippen LogP contribution in [0.1, 0.15) is 29.6 Å². The number of anilines is 1. The third-order valence-electron chi connectivity index (χ3n) is 5.12. The number of ether oxygens (including phenoxy) is 4. The first kappa shape index (κ1) is 18.9. The van der Waals surface area contributed by atoms with Gasteiger partial charge in [-0.1, -0.05) is 17.2 Å². The van der Waals surface area contributed by atoms with Gasteiger partial charge in [0.1, 0.15) is 5.75 Å². The first-order chi connectivity index (χ1) is 14.2. The molecule has 4 rings (SSSR count). The fourth-order valence-corrected chi connectivity index (χ4v) is 3.69. The lowest BCUT2D eigenvalue weighted by Gasteiger charge is -2.31. The largest absolute Gasteiger partial charge is 0.497 e. The average molecular weight is 397 g/mol. The standard InChI is InChI=1S/C20H23N5O4/c1-26-14-7-5-6-12(8-14)15-11-16(25-20(21-15)22-23-24-25)13-9-17(27-2)19(29-4)18(10-13)28-3/h5-10,15-16H,11H2,1-4H3,(H,21,22,24). The molecule has 3 aromatic rings. The topological polar surface area (TPSA) is 92.5 Å². The number of nitrogens with zero attached hydrogens (tertiary/aromatic N) is 4. The van der Waals surface area contributed by atoms with Crippen LogP contribution < -0.4 is 24.3 Å². The van der Waals surface area contributed by atoms with Crippen LogP contribution in [0.25, 0.3) is 0 Å². The maximum Gasteiger partial charge on any atom is 0.243 e.